The zero-order chi connectivity index (χ0) is 25.6. The van der Waals surface area contributed by atoms with Crippen molar-refractivity contribution in [1.29, 1.82) is 0 Å². The van der Waals surface area contributed by atoms with Gasteiger partial charge in [-0.15, -0.1) is 0 Å². The van der Waals surface area contributed by atoms with Crippen molar-refractivity contribution in [2.24, 2.45) is 0 Å². The Morgan fingerprint density at radius 2 is 1.70 bits per heavy atom. The lowest BCUT2D eigenvalue weighted by atomic mass is 9.71. The Morgan fingerprint density at radius 3 is 2.38 bits per heavy atom. The van der Waals surface area contributed by atoms with Crippen LogP contribution in [0, 0.1) is 0 Å². The van der Waals surface area contributed by atoms with Crippen molar-refractivity contribution in [2.45, 2.75) is 43.5 Å². The largest absolute Gasteiger partial charge is 0.494 e. The molecule has 0 radical (unpaired) electrons. The van der Waals surface area contributed by atoms with Gasteiger partial charge in [-0.1, -0.05) is 54.6 Å². The summed E-state index contributed by atoms with van der Waals surface area (Å²) in [6, 6.07) is 23.8. The molecule has 4 aromatic rings. The standard InChI is InChI=1S/C31H30O5S/c1-3-34-24-16-26(35-4-2)29-27(17-24)36-31(23-12-10-20(11-13-23)22-14-15-37-19-22)25(18-28(32)30(29,31)33)21-8-6-5-7-9-21/h5-17,19,25,28,32-33H,3-4,18H2,1-2H3/t25-,28+,30+,31-/m0/s1. The van der Waals surface area contributed by atoms with Crippen LogP contribution < -0.4 is 14.2 Å². The number of ether oxygens (including phenoxy) is 3. The monoisotopic (exact) mass is 514 g/mol. The van der Waals surface area contributed by atoms with Crippen LogP contribution in [0.1, 0.15) is 42.9 Å². The molecule has 5 nitrogen and oxygen atoms in total. The maximum absolute atomic E-state index is 12.7. The lowest BCUT2D eigenvalue weighted by Gasteiger charge is -2.41. The molecule has 37 heavy (non-hydrogen) atoms. The van der Waals surface area contributed by atoms with Crippen LogP contribution in [-0.4, -0.2) is 29.5 Å². The number of rotatable bonds is 7. The number of fused-ring (bicyclic) bond motifs is 3. The van der Waals surface area contributed by atoms with E-state index in [-0.39, 0.29) is 5.92 Å². The first-order valence-electron chi connectivity index (χ1n) is 12.7. The van der Waals surface area contributed by atoms with Crippen molar-refractivity contribution in [3.8, 4) is 28.4 Å². The van der Waals surface area contributed by atoms with Gasteiger partial charge >= 0.3 is 0 Å². The third kappa shape index (κ3) is 3.51. The van der Waals surface area contributed by atoms with Gasteiger partial charge in [0.15, 0.2) is 11.2 Å². The van der Waals surface area contributed by atoms with E-state index in [9.17, 15) is 10.2 Å². The zero-order valence-electron chi connectivity index (χ0n) is 20.9. The van der Waals surface area contributed by atoms with E-state index in [1.807, 2.05) is 56.3 Å². The Morgan fingerprint density at radius 1 is 0.946 bits per heavy atom. The Hall–Kier alpha value is -3.32. The van der Waals surface area contributed by atoms with Gasteiger partial charge in [0.1, 0.15) is 17.2 Å². The molecule has 4 atom stereocenters. The summed E-state index contributed by atoms with van der Waals surface area (Å²) in [4.78, 5) is 0. The molecule has 190 valence electrons. The summed E-state index contributed by atoms with van der Waals surface area (Å²) in [5.74, 6) is 1.23. The highest BCUT2D eigenvalue weighted by atomic mass is 32.1. The smallest absolute Gasteiger partial charge is 0.176 e. The van der Waals surface area contributed by atoms with E-state index in [0.717, 1.165) is 22.3 Å². The minimum Gasteiger partial charge on any atom is -0.494 e. The van der Waals surface area contributed by atoms with Gasteiger partial charge in [0.05, 0.1) is 24.9 Å². The second-order valence-corrected chi connectivity index (χ2v) is 10.3. The summed E-state index contributed by atoms with van der Waals surface area (Å²) < 4.78 is 18.7. The van der Waals surface area contributed by atoms with Crippen LogP contribution in [0.5, 0.6) is 17.2 Å². The summed E-state index contributed by atoms with van der Waals surface area (Å²) in [6.07, 6.45) is -0.738. The molecule has 2 N–H and O–H groups in total. The predicted octanol–water partition coefficient (Wildman–Crippen LogP) is 6.24. The molecule has 0 bridgehead atoms. The number of aliphatic hydroxyl groups is 2. The van der Waals surface area contributed by atoms with Crippen LogP contribution in [0.25, 0.3) is 11.1 Å². The first kappa shape index (κ1) is 24.0. The van der Waals surface area contributed by atoms with E-state index in [2.05, 4.69) is 29.0 Å². The van der Waals surface area contributed by atoms with E-state index in [4.69, 9.17) is 14.2 Å². The average Bonchev–Trinajstić information content (AvgIpc) is 3.59. The molecule has 6 heteroatoms. The molecule has 1 aromatic heterocycles. The second-order valence-electron chi connectivity index (χ2n) is 9.57. The maximum atomic E-state index is 12.7. The molecular weight excluding hydrogens is 484 g/mol. The summed E-state index contributed by atoms with van der Waals surface area (Å²) >= 11 is 1.65. The average molecular weight is 515 g/mol. The summed E-state index contributed by atoms with van der Waals surface area (Å²) in [6.45, 7) is 4.70. The van der Waals surface area contributed by atoms with E-state index in [1.54, 1.807) is 23.5 Å². The highest BCUT2D eigenvalue weighted by Gasteiger charge is 2.73. The lowest BCUT2D eigenvalue weighted by Crippen LogP contribution is -2.52. The molecule has 1 saturated carbocycles. The van der Waals surface area contributed by atoms with Crippen molar-refractivity contribution in [3.05, 3.63) is 100 Å². The van der Waals surface area contributed by atoms with Gasteiger partial charge in [-0.25, -0.2) is 0 Å². The van der Waals surface area contributed by atoms with Crippen LogP contribution in [0.4, 0.5) is 0 Å². The third-order valence-electron chi connectivity index (χ3n) is 7.67. The number of benzene rings is 3. The topological polar surface area (TPSA) is 68.2 Å². The van der Waals surface area contributed by atoms with Gasteiger partial charge in [0.25, 0.3) is 0 Å². The number of hydrogen-bond donors (Lipinski definition) is 2. The molecule has 1 aliphatic heterocycles. The van der Waals surface area contributed by atoms with Gasteiger partial charge in [-0.05, 0) is 59.3 Å². The lowest BCUT2D eigenvalue weighted by molar-refractivity contribution is -0.150. The zero-order valence-corrected chi connectivity index (χ0v) is 21.7. The molecule has 2 aliphatic rings. The molecule has 0 amide bonds. The maximum Gasteiger partial charge on any atom is 0.176 e. The van der Waals surface area contributed by atoms with Crippen molar-refractivity contribution in [2.75, 3.05) is 13.2 Å². The predicted molar refractivity (Wildman–Crippen MR) is 145 cm³/mol. The fraction of sp³-hybridized carbons (Fsp3) is 0.290. The van der Waals surface area contributed by atoms with Crippen LogP contribution >= 0.6 is 11.3 Å². The molecule has 1 fully saturated rings. The number of hydrogen-bond acceptors (Lipinski definition) is 6. The van der Waals surface area contributed by atoms with Crippen molar-refractivity contribution in [1.82, 2.24) is 0 Å². The number of aliphatic hydroxyl groups excluding tert-OH is 1. The van der Waals surface area contributed by atoms with Crippen LogP contribution in [0.2, 0.25) is 0 Å². The Kier molecular flexibility index (Phi) is 5.98. The summed E-state index contributed by atoms with van der Waals surface area (Å²) in [5, 5.41) is 28.5. The van der Waals surface area contributed by atoms with Crippen LogP contribution in [0.3, 0.4) is 0 Å². The van der Waals surface area contributed by atoms with Crippen LogP contribution in [0.15, 0.2) is 83.6 Å². The third-order valence-corrected chi connectivity index (χ3v) is 8.35. The summed E-state index contributed by atoms with van der Waals surface area (Å²) in [5.41, 5.74) is 1.51. The molecule has 0 unspecified atom stereocenters. The van der Waals surface area contributed by atoms with Crippen molar-refractivity contribution in [3.63, 3.8) is 0 Å². The van der Waals surface area contributed by atoms with Gasteiger partial charge in [0.2, 0.25) is 0 Å². The molecular formula is C31H30O5S. The van der Waals surface area contributed by atoms with Crippen molar-refractivity contribution < 1.29 is 24.4 Å². The van der Waals surface area contributed by atoms with Gasteiger partial charge in [-0.3, -0.25) is 0 Å². The Bertz CT molecular complexity index is 1390. The fourth-order valence-corrected chi connectivity index (χ4v) is 6.83. The van der Waals surface area contributed by atoms with Crippen molar-refractivity contribution >= 4 is 11.3 Å². The first-order valence-corrected chi connectivity index (χ1v) is 13.7. The van der Waals surface area contributed by atoms with E-state index in [0.29, 0.717) is 42.4 Å². The normalized spacial score (nSPS) is 25.8. The van der Waals surface area contributed by atoms with Gasteiger partial charge in [-0.2, -0.15) is 11.3 Å². The molecule has 0 saturated heterocycles. The highest BCUT2D eigenvalue weighted by molar-refractivity contribution is 7.08. The van der Waals surface area contributed by atoms with E-state index < -0.39 is 17.3 Å². The molecule has 3 aromatic carbocycles. The minimum atomic E-state index is -1.73. The molecule has 1 aliphatic carbocycles. The van der Waals surface area contributed by atoms with E-state index in [1.165, 1.54) is 0 Å². The highest BCUT2D eigenvalue weighted by Crippen LogP contribution is 2.68. The SMILES string of the molecule is CCOc1cc(OCC)c2c(c1)O[C@@]1(c3ccc(-c4ccsc4)cc3)[C@H](c3ccccc3)C[C@@H](O)[C@@]21O. The van der Waals surface area contributed by atoms with Gasteiger partial charge < -0.3 is 24.4 Å². The first-order chi connectivity index (χ1) is 18.0. The second kappa shape index (κ2) is 9.21. The minimum absolute atomic E-state index is 0.307. The number of thiophene rings is 1. The fourth-order valence-electron chi connectivity index (χ4n) is 6.16. The quantitative estimate of drug-likeness (QED) is 0.306. The van der Waals surface area contributed by atoms with E-state index >= 15 is 0 Å². The Balaban J connectivity index is 1.58. The molecule has 0 spiro atoms. The molecule has 6 rings (SSSR count). The van der Waals surface area contributed by atoms with Crippen LogP contribution in [-0.2, 0) is 11.2 Å². The molecule has 2 heterocycles. The Labute approximate surface area is 220 Å². The summed E-state index contributed by atoms with van der Waals surface area (Å²) in [7, 11) is 0. The van der Waals surface area contributed by atoms with Gasteiger partial charge in [0, 0.05) is 18.1 Å².